The third kappa shape index (κ3) is 3.04. The first-order valence-electron chi connectivity index (χ1n) is 14.2. The Morgan fingerprint density at radius 3 is 2.18 bits per heavy atom. The third-order valence-corrected chi connectivity index (χ3v) is 13.7. The van der Waals surface area contributed by atoms with E-state index < -0.39 is 11.2 Å². The summed E-state index contributed by atoms with van der Waals surface area (Å²) in [4.78, 5) is 0. The van der Waals surface area contributed by atoms with Gasteiger partial charge in [-0.15, -0.1) is 0 Å². The summed E-state index contributed by atoms with van der Waals surface area (Å²) in [7, 11) is 0. The van der Waals surface area contributed by atoms with Crippen LogP contribution in [-0.2, 0) is 0 Å². The molecule has 5 fully saturated rings. The molecule has 5 aliphatic rings. The van der Waals surface area contributed by atoms with Crippen LogP contribution in [0.2, 0.25) is 0 Å². The Labute approximate surface area is 204 Å². The van der Waals surface area contributed by atoms with Crippen LogP contribution in [0.4, 0.5) is 0 Å². The summed E-state index contributed by atoms with van der Waals surface area (Å²) >= 11 is 0. The molecular weight excluding hydrogens is 404 g/mol. The van der Waals surface area contributed by atoms with E-state index in [2.05, 4.69) is 41.2 Å². The van der Waals surface area contributed by atoms with E-state index in [9.17, 15) is 10.2 Å². The minimum absolute atomic E-state index is 0.294. The van der Waals surface area contributed by atoms with Crippen molar-refractivity contribution in [1.29, 1.82) is 0 Å². The highest BCUT2D eigenvalue weighted by molar-refractivity contribution is 5.20. The van der Waals surface area contributed by atoms with Crippen molar-refractivity contribution in [3.63, 3.8) is 0 Å². The lowest BCUT2D eigenvalue weighted by Gasteiger charge is -2.72. The monoisotopic (exact) mass is 456 g/mol. The van der Waals surface area contributed by atoms with Gasteiger partial charge in [0.1, 0.15) is 0 Å². The van der Waals surface area contributed by atoms with Gasteiger partial charge in [0.05, 0.1) is 11.2 Å². The Morgan fingerprint density at radius 1 is 0.848 bits per heavy atom. The molecule has 0 aromatic heterocycles. The Kier molecular flexibility index (Phi) is 5.25. The molecular formula is C31H52O2. The number of fused-ring (bicyclic) bond motifs is 7. The van der Waals surface area contributed by atoms with Crippen LogP contribution in [0.25, 0.3) is 0 Å². The fourth-order valence-electron chi connectivity index (χ4n) is 11.2. The van der Waals surface area contributed by atoms with E-state index in [0.29, 0.717) is 27.6 Å². The highest BCUT2D eigenvalue weighted by Gasteiger charge is 2.69. The fraction of sp³-hybridized carbons (Fsp3) is 0.935. The highest BCUT2D eigenvalue weighted by Crippen LogP contribution is 2.76. The lowest BCUT2D eigenvalue weighted by Crippen LogP contribution is -2.66. The molecule has 2 N–H and O–H groups in total. The second-order valence-corrected chi connectivity index (χ2v) is 15.3. The average molecular weight is 457 g/mol. The van der Waals surface area contributed by atoms with Crippen molar-refractivity contribution >= 4 is 0 Å². The Balaban J connectivity index is 1.49. The van der Waals surface area contributed by atoms with Gasteiger partial charge in [-0.2, -0.15) is 0 Å². The Bertz CT molecular complexity index is 825. The molecule has 0 saturated heterocycles. The molecule has 0 aromatic rings. The van der Waals surface area contributed by atoms with Crippen LogP contribution in [0.1, 0.15) is 119 Å². The first-order valence-corrected chi connectivity index (χ1v) is 14.2. The van der Waals surface area contributed by atoms with Gasteiger partial charge in [-0.05, 0) is 143 Å². The molecule has 0 heterocycles. The molecule has 5 saturated carbocycles. The molecule has 5 rings (SSSR count). The highest BCUT2D eigenvalue weighted by atomic mass is 16.4. The van der Waals surface area contributed by atoms with E-state index >= 15 is 0 Å². The molecule has 33 heavy (non-hydrogen) atoms. The summed E-state index contributed by atoms with van der Waals surface area (Å²) in [5.74, 6) is 3.65. The summed E-state index contributed by atoms with van der Waals surface area (Å²) in [6.07, 6.45) is 13.4. The maximum atomic E-state index is 11.4. The van der Waals surface area contributed by atoms with Crippen LogP contribution in [0.15, 0.2) is 12.2 Å². The van der Waals surface area contributed by atoms with Crippen LogP contribution in [0.5, 0.6) is 0 Å². The summed E-state index contributed by atoms with van der Waals surface area (Å²) in [6, 6.07) is 0. The molecule has 188 valence electrons. The smallest absolute Gasteiger partial charge is 0.0930 e. The van der Waals surface area contributed by atoms with E-state index in [1.165, 1.54) is 56.9 Å². The Hall–Kier alpha value is -0.340. The fourth-order valence-corrected chi connectivity index (χ4v) is 11.2. The molecule has 5 aliphatic carbocycles. The maximum absolute atomic E-state index is 11.4. The zero-order valence-electron chi connectivity index (χ0n) is 22.8. The largest absolute Gasteiger partial charge is 0.387 e. The van der Waals surface area contributed by atoms with Crippen molar-refractivity contribution in [3.8, 4) is 0 Å². The predicted molar refractivity (Wildman–Crippen MR) is 137 cm³/mol. The normalized spacial score (nSPS) is 56.3. The predicted octanol–water partition coefficient (Wildman–Crippen LogP) is 7.53. The lowest BCUT2D eigenvalue weighted by atomic mass is 9.33. The molecule has 0 spiro atoms. The van der Waals surface area contributed by atoms with Crippen LogP contribution in [0.3, 0.4) is 0 Å². The zero-order valence-corrected chi connectivity index (χ0v) is 22.8. The number of allylic oxidation sites excluding steroid dienone is 1. The average Bonchev–Trinajstić information content (AvgIpc) is 3.07. The van der Waals surface area contributed by atoms with Gasteiger partial charge >= 0.3 is 0 Å². The lowest BCUT2D eigenvalue weighted by molar-refractivity contribution is -0.247. The van der Waals surface area contributed by atoms with Crippen LogP contribution in [-0.4, -0.2) is 21.4 Å². The molecule has 0 radical (unpaired) electrons. The molecule has 0 amide bonds. The summed E-state index contributed by atoms with van der Waals surface area (Å²) in [5, 5.41) is 22.2. The molecule has 0 bridgehead atoms. The summed E-state index contributed by atoms with van der Waals surface area (Å²) in [5.41, 5.74) is 1.10. The number of rotatable bonds is 2. The standard InChI is InChI=1S/C31H52O2/c1-20(2)22-12-13-27(5)15-17-29(7)23(25(22)27)9-10-24-28(6)16-18-31(33,26(3,4)32)19-21(28)11-14-30(24,29)8/h21-25,32-33H,1,9-19H2,2-8H3/t21-,22-,23-,24-,25-,27-,28+,29-,30-,31+/m0/s1. The minimum Gasteiger partial charge on any atom is -0.387 e. The van der Waals surface area contributed by atoms with Gasteiger partial charge in [0, 0.05) is 0 Å². The van der Waals surface area contributed by atoms with E-state index in [-0.39, 0.29) is 0 Å². The SMILES string of the molecule is C=C(C)[C@@H]1CC[C@@]2(C)CC[C@@]3(C)[C@@H](CC[C@H]4[C@]5(C)CC[C@](O)(C(C)(C)O)C[C@@H]5CC[C@@]43C)[C@H]12. The van der Waals surface area contributed by atoms with Gasteiger partial charge < -0.3 is 10.2 Å². The molecule has 0 aromatic carbocycles. The molecule has 10 atom stereocenters. The van der Waals surface area contributed by atoms with E-state index in [0.717, 1.165) is 42.9 Å². The van der Waals surface area contributed by atoms with Gasteiger partial charge in [0.2, 0.25) is 0 Å². The van der Waals surface area contributed by atoms with Crippen molar-refractivity contribution in [2.45, 2.75) is 130 Å². The summed E-state index contributed by atoms with van der Waals surface area (Å²) in [6.45, 7) is 21.0. The third-order valence-electron chi connectivity index (χ3n) is 13.7. The van der Waals surface area contributed by atoms with Gasteiger partial charge in [0.25, 0.3) is 0 Å². The Morgan fingerprint density at radius 2 is 1.55 bits per heavy atom. The number of hydrogen-bond acceptors (Lipinski definition) is 2. The van der Waals surface area contributed by atoms with Crippen LogP contribution in [0, 0.1) is 51.2 Å². The van der Waals surface area contributed by atoms with Crippen molar-refractivity contribution in [1.82, 2.24) is 0 Å². The first kappa shape index (κ1) is 24.4. The molecule has 0 unspecified atom stereocenters. The zero-order chi connectivity index (χ0) is 24.2. The number of hydrogen-bond donors (Lipinski definition) is 2. The molecule has 2 nitrogen and oxygen atoms in total. The van der Waals surface area contributed by atoms with Gasteiger partial charge in [-0.25, -0.2) is 0 Å². The van der Waals surface area contributed by atoms with E-state index in [1.54, 1.807) is 0 Å². The van der Waals surface area contributed by atoms with Crippen LogP contribution < -0.4 is 0 Å². The first-order chi connectivity index (χ1) is 15.1. The summed E-state index contributed by atoms with van der Waals surface area (Å²) < 4.78 is 0. The van der Waals surface area contributed by atoms with E-state index in [1.807, 2.05) is 13.8 Å². The quantitative estimate of drug-likeness (QED) is 0.422. The second-order valence-electron chi connectivity index (χ2n) is 15.3. The second kappa shape index (κ2) is 7.12. The topological polar surface area (TPSA) is 40.5 Å². The van der Waals surface area contributed by atoms with Crippen LogP contribution >= 0.6 is 0 Å². The van der Waals surface area contributed by atoms with Gasteiger partial charge in [-0.1, -0.05) is 39.8 Å². The maximum Gasteiger partial charge on any atom is 0.0930 e. The van der Waals surface area contributed by atoms with Crippen molar-refractivity contribution < 1.29 is 10.2 Å². The molecule has 2 heteroatoms. The van der Waals surface area contributed by atoms with Gasteiger partial charge in [0.15, 0.2) is 0 Å². The molecule has 0 aliphatic heterocycles. The minimum atomic E-state index is -1.02. The van der Waals surface area contributed by atoms with E-state index in [4.69, 9.17) is 0 Å². The van der Waals surface area contributed by atoms with Crippen molar-refractivity contribution in [2.24, 2.45) is 51.2 Å². The number of aliphatic hydroxyl groups is 2. The van der Waals surface area contributed by atoms with Crippen molar-refractivity contribution in [2.75, 3.05) is 0 Å². The van der Waals surface area contributed by atoms with Gasteiger partial charge in [-0.3, -0.25) is 0 Å². The van der Waals surface area contributed by atoms with Crippen molar-refractivity contribution in [3.05, 3.63) is 12.2 Å².